The molecule has 2 aromatic rings. The van der Waals surface area contributed by atoms with E-state index in [1.807, 2.05) is 0 Å². The number of aromatic nitrogens is 3. The smallest absolute Gasteiger partial charge is 0.233 e. The van der Waals surface area contributed by atoms with E-state index in [0.29, 0.717) is 30.5 Å². The summed E-state index contributed by atoms with van der Waals surface area (Å²) in [6.07, 6.45) is 1.37. The molecule has 8 heteroatoms. The highest BCUT2D eigenvalue weighted by atomic mass is 32.2. The Morgan fingerprint density at radius 2 is 2.27 bits per heavy atom. The Kier molecular flexibility index (Phi) is 4.69. The summed E-state index contributed by atoms with van der Waals surface area (Å²) in [5, 5.41) is 10.8. The van der Waals surface area contributed by atoms with Crippen molar-refractivity contribution in [3.05, 3.63) is 41.8 Å². The third-order valence-corrected chi connectivity index (χ3v) is 4.28. The number of halogens is 1. The summed E-state index contributed by atoms with van der Waals surface area (Å²) < 4.78 is 18.7. The van der Waals surface area contributed by atoms with Crippen LogP contribution in [-0.2, 0) is 9.53 Å². The predicted octanol–water partition coefficient (Wildman–Crippen LogP) is 1.64. The maximum Gasteiger partial charge on any atom is 0.233 e. The largest absolute Gasteiger partial charge is 0.370 e. The van der Waals surface area contributed by atoms with Crippen LogP contribution in [0, 0.1) is 5.82 Å². The van der Waals surface area contributed by atoms with Gasteiger partial charge in [0.25, 0.3) is 0 Å². The highest BCUT2D eigenvalue weighted by Gasteiger charge is 2.25. The van der Waals surface area contributed by atoms with Gasteiger partial charge in [-0.05, 0) is 17.7 Å². The van der Waals surface area contributed by atoms with Gasteiger partial charge in [0.2, 0.25) is 5.91 Å². The molecule has 1 aromatic heterocycles. The first-order valence-corrected chi connectivity index (χ1v) is 7.84. The number of nitrogens with zero attached hydrogens (tertiary/aromatic N) is 3. The monoisotopic (exact) mass is 322 g/mol. The lowest BCUT2D eigenvalue weighted by atomic mass is 10.1. The van der Waals surface area contributed by atoms with Gasteiger partial charge < -0.3 is 9.64 Å². The minimum Gasteiger partial charge on any atom is -0.370 e. The minimum absolute atomic E-state index is 0.0309. The van der Waals surface area contributed by atoms with E-state index in [4.69, 9.17) is 4.74 Å². The molecule has 116 valence electrons. The van der Waals surface area contributed by atoms with Crippen LogP contribution in [0.1, 0.15) is 11.7 Å². The van der Waals surface area contributed by atoms with E-state index in [-0.39, 0.29) is 17.8 Å². The fraction of sp³-hybridized carbons (Fsp3) is 0.357. The van der Waals surface area contributed by atoms with Gasteiger partial charge in [0.1, 0.15) is 16.9 Å². The van der Waals surface area contributed by atoms with Crippen LogP contribution < -0.4 is 0 Å². The molecule has 1 atom stereocenters. The van der Waals surface area contributed by atoms with E-state index in [1.54, 1.807) is 23.2 Å². The second-order valence-corrected chi connectivity index (χ2v) is 5.84. The number of carbonyl (C=O) groups excluding carboxylic acids is 1. The number of benzene rings is 1. The Labute approximate surface area is 131 Å². The maximum atomic E-state index is 13.0. The summed E-state index contributed by atoms with van der Waals surface area (Å²) in [6, 6.07) is 6.19. The molecular formula is C14H15FN4O2S. The SMILES string of the molecule is O=C(CSc1cn[nH]n1)N1CCO[C@H](c2ccc(F)cc2)C1. The number of aromatic amines is 1. The quantitative estimate of drug-likeness (QED) is 0.867. The highest BCUT2D eigenvalue weighted by molar-refractivity contribution is 7.99. The van der Waals surface area contributed by atoms with Gasteiger partial charge in [-0.2, -0.15) is 10.3 Å². The first-order valence-electron chi connectivity index (χ1n) is 6.86. The average molecular weight is 322 g/mol. The number of rotatable bonds is 4. The van der Waals surface area contributed by atoms with Gasteiger partial charge in [-0.3, -0.25) is 4.79 Å². The van der Waals surface area contributed by atoms with Crippen LogP contribution in [0.25, 0.3) is 0 Å². The Morgan fingerprint density at radius 3 is 3.00 bits per heavy atom. The zero-order valence-electron chi connectivity index (χ0n) is 11.7. The number of ether oxygens (including phenoxy) is 1. The standard InChI is InChI=1S/C14H15FN4O2S/c15-11-3-1-10(2-4-11)12-8-19(5-6-21-12)14(20)9-22-13-7-16-18-17-13/h1-4,7,12H,5-6,8-9H2,(H,16,17,18)/t12-/m0/s1. The van der Waals surface area contributed by atoms with Crippen LogP contribution in [0.2, 0.25) is 0 Å². The van der Waals surface area contributed by atoms with Gasteiger partial charge in [-0.15, -0.1) is 5.10 Å². The molecule has 1 saturated heterocycles. The van der Waals surface area contributed by atoms with Crippen LogP contribution >= 0.6 is 11.8 Å². The number of amides is 1. The summed E-state index contributed by atoms with van der Waals surface area (Å²) in [5.74, 6) is 0.0581. The fourth-order valence-electron chi connectivity index (χ4n) is 2.24. The van der Waals surface area contributed by atoms with E-state index in [2.05, 4.69) is 15.4 Å². The second-order valence-electron chi connectivity index (χ2n) is 4.85. The average Bonchev–Trinajstić information content (AvgIpc) is 3.07. The molecule has 1 aliphatic heterocycles. The van der Waals surface area contributed by atoms with Crippen molar-refractivity contribution < 1.29 is 13.9 Å². The van der Waals surface area contributed by atoms with Crippen molar-refractivity contribution in [3.8, 4) is 0 Å². The van der Waals surface area contributed by atoms with Gasteiger partial charge in [-0.1, -0.05) is 23.9 Å². The van der Waals surface area contributed by atoms with Crippen LogP contribution in [0.4, 0.5) is 4.39 Å². The molecule has 1 N–H and O–H groups in total. The molecule has 22 heavy (non-hydrogen) atoms. The lowest BCUT2D eigenvalue weighted by Crippen LogP contribution is -2.43. The van der Waals surface area contributed by atoms with Crippen molar-refractivity contribution in [2.45, 2.75) is 11.1 Å². The van der Waals surface area contributed by atoms with Crippen molar-refractivity contribution in [1.29, 1.82) is 0 Å². The molecule has 1 aromatic carbocycles. The molecule has 0 radical (unpaired) electrons. The Morgan fingerprint density at radius 1 is 1.45 bits per heavy atom. The van der Waals surface area contributed by atoms with Crippen LogP contribution in [0.15, 0.2) is 35.5 Å². The molecule has 0 unspecified atom stereocenters. The van der Waals surface area contributed by atoms with E-state index in [1.165, 1.54) is 23.9 Å². The van der Waals surface area contributed by atoms with Crippen molar-refractivity contribution in [2.75, 3.05) is 25.4 Å². The molecule has 1 aliphatic rings. The third kappa shape index (κ3) is 3.63. The Hall–Kier alpha value is -1.93. The van der Waals surface area contributed by atoms with Crippen molar-refractivity contribution in [2.24, 2.45) is 0 Å². The van der Waals surface area contributed by atoms with Gasteiger partial charge in [0, 0.05) is 6.54 Å². The van der Waals surface area contributed by atoms with Gasteiger partial charge in [0.15, 0.2) is 0 Å². The third-order valence-electron chi connectivity index (χ3n) is 3.40. The molecular weight excluding hydrogens is 307 g/mol. The highest BCUT2D eigenvalue weighted by Crippen LogP contribution is 2.23. The number of thioether (sulfide) groups is 1. The maximum absolute atomic E-state index is 13.0. The molecule has 0 bridgehead atoms. The molecule has 0 saturated carbocycles. The molecule has 0 aliphatic carbocycles. The van der Waals surface area contributed by atoms with Crippen LogP contribution in [-0.4, -0.2) is 51.7 Å². The lowest BCUT2D eigenvalue weighted by molar-refractivity contribution is -0.136. The minimum atomic E-state index is -0.281. The van der Waals surface area contributed by atoms with E-state index >= 15 is 0 Å². The summed E-state index contributed by atoms with van der Waals surface area (Å²) in [5.41, 5.74) is 0.878. The number of hydrogen-bond acceptors (Lipinski definition) is 5. The predicted molar refractivity (Wildman–Crippen MR) is 78.8 cm³/mol. The summed E-state index contributed by atoms with van der Waals surface area (Å²) in [6.45, 7) is 1.52. The summed E-state index contributed by atoms with van der Waals surface area (Å²) >= 11 is 1.34. The number of morpholine rings is 1. The fourth-order valence-corrected chi connectivity index (χ4v) is 2.93. The van der Waals surface area contributed by atoms with E-state index < -0.39 is 0 Å². The summed E-state index contributed by atoms with van der Waals surface area (Å²) in [4.78, 5) is 14.0. The zero-order valence-corrected chi connectivity index (χ0v) is 12.6. The Bertz CT molecular complexity index is 620. The van der Waals surface area contributed by atoms with Gasteiger partial charge >= 0.3 is 0 Å². The van der Waals surface area contributed by atoms with Crippen molar-refractivity contribution >= 4 is 17.7 Å². The normalized spacial score (nSPS) is 18.4. The molecule has 1 fully saturated rings. The zero-order chi connectivity index (χ0) is 15.4. The van der Waals surface area contributed by atoms with Crippen LogP contribution in [0.3, 0.4) is 0 Å². The Balaban J connectivity index is 1.57. The van der Waals surface area contributed by atoms with Crippen LogP contribution in [0.5, 0.6) is 0 Å². The van der Waals surface area contributed by atoms with Gasteiger partial charge in [-0.25, -0.2) is 4.39 Å². The molecule has 2 heterocycles. The van der Waals surface area contributed by atoms with E-state index in [0.717, 1.165) is 5.56 Å². The molecule has 0 spiro atoms. The van der Waals surface area contributed by atoms with Gasteiger partial charge in [0.05, 0.1) is 25.1 Å². The molecule has 3 rings (SSSR count). The number of nitrogens with one attached hydrogen (secondary N) is 1. The summed E-state index contributed by atoms with van der Waals surface area (Å²) in [7, 11) is 0. The molecule has 1 amide bonds. The van der Waals surface area contributed by atoms with E-state index in [9.17, 15) is 9.18 Å². The first-order chi connectivity index (χ1) is 10.7. The topological polar surface area (TPSA) is 71.1 Å². The molecule has 6 nitrogen and oxygen atoms in total. The van der Waals surface area contributed by atoms with Crippen molar-refractivity contribution in [3.63, 3.8) is 0 Å². The number of carbonyl (C=O) groups is 1. The lowest BCUT2D eigenvalue weighted by Gasteiger charge is -2.33. The second kappa shape index (κ2) is 6.89. The number of hydrogen-bond donors (Lipinski definition) is 1. The van der Waals surface area contributed by atoms with Crippen molar-refractivity contribution in [1.82, 2.24) is 20.3 Å². The first kappa shape index (κ1) is 15.0. The number of H-pyrrole nitrogens is 1.